The average molecular weight is 454 g/mol. The van der Waals surface area contributed by atoms with Gasteiger partial charge in [-0.3, -0.25) is 4.99 Å². The molecule has 1 aromatic carbocycles. The normalized spacial score (nSPS) is 16.3. The van der Waals surface area contributed by atoms with Crippen molar-refractivity contribution < 1.29 is 22.0 Å². The molecule has 1 aliphatic heterocycles. The molecule has 0 radical (unpaired) electrons. The number of fused-ring (bicyclic) bond motifs is 1. The van der Waals surface area contributed by atoms with Gasteiger partial charge in [0.1, 0.15) is 12.5 Å². The number of nitrogens with zero attached hydrogens (tertiary/aromatic N) is 1. The van der Waals surface area contributed by atoms with E-state index < -0.39 is 18.4 Å². The van der Waals surface area contributed by atoms with Crippen LogP contribution in [0.25, 0.3) is 0 Å². The van der Waals surface area contributed by atoms with Gasteiger partial charge in [-0.15, -0.1) is 0 Å². The molecule has 0 unspecified atom stereocenters. The van der Waals surface area contributed by atoms with Crippen LogP contribution in [0.3, 0.4) is 0 Å². The van der Waals surface area contributed by atoms with Crippen LogP contribution in [0, 0.1) is 12.7 Å². The molecule has 0 N–H and O–H groups in total. The number of aryl methyl sites for hydroxylation is 1. The first kappa shape index (κ1) is 27.5. The van der Waals surface area contributed by atoms with Crippen molar-refractivity contribution in [1.29, 1.82) is 0 Å². The van der Waals surface area contributed by atoms with E-state index in [0.29, 0.717) is 12.0 Å². The zero-order chi connectivity index (χ0) is 24.1. The number of hydrogen-bond acceptors (Lipinski definition) is 1. The Morgan fingerprint density at radius 3 is 2.25 bits per heavy atom. The van der Waals surface area contributed by atoms with E-state index in [9.17, 15) is 22.0 Å². The fraction of sp³-hybridized carbons (Fsp3) is 0.423. The topological polar surface area (TPSA) is 12.4 Å². The van der Waals surface area contributed by atoms with E-state index in [0.717, 1.165) is 24.3 Å². The molecule has 32 heavy (non-hydrogen) atoms. The Labute approximate surface area is 188 Å². The van der Waals surface area contributed by atoms with Crippen LogP contribution in [-0.4, -0.2) is 25.1 Å². The Morgan fingerprint density at radius 2 is 1.78 bits per heavy atom. The molecule has 1 saturated carbocycles. The maximum absolute atomic E-state index is 12.5. The van der Waals surface area contributed by atoms with Crippen LogP contribution < -0.4 is 0 Å². The molecule has 0 aromatic heterocycles. The predicted molar refractivity (Wildman–Crippen MR) is 123 cm³/mol. The highest BCUT2D eigenvalue weighted by Gasteiger charge is 2.31. The first-order valence-corrected chi connectivity index (χ1v) is 10.7. The van der Waals surface area contributed by atoms with Gasteiger partial charge in [0.25, 0.3) is 0 Å². The Bertz CT molecular complexity index is 829. The van der Waals surface area contributed by atoms with E-state index in [-0.39, 0.29) is 11.4 Å². The summed E-state index contributed by atoms with van der Waals surface area (Å²) in [5.74, 6) is -0.171. The van der Waals surface area contributed by atoms with Gasteiger partial charge in [0.15, 0.2) is 0 Å². The third-order valence-corrected chi connectivity index (χ3v) is 4.98. The first-order valence-electron chi connectivity index (χ1n) is 10.7. The molecule has 0 saturated heterocycles. The van der Waals surface area contributed by atoms with Crippen molar-refractivity contribution in [3.8, 4) is 0 Å². The Hall–Kier alpha value is -2.50. The van der Waals surface area contributed by atoms with E-state index in [2.05, 4.69) is 11.1 Å². The number of aliphatic imine (C=N–C) groups is 1. The molecule has 0 bridgehead atoms. The molecule has 1 aliphatic carbocycles. The van der Waals surface area contributed by atoms with Gasteiger partial charge < -0.3 is 0 Å². The summed E-state index contributed by atoms with van der Waals surface area (Å²) in [6, 6.07) is 6.40. The van der Waals surface area contributed by atoms with Crippen LogP contribution in [0.4, 0.5) is 22.0 Å². The SMILES string of the molecule is C1=C2CCCC2=NC1.C\C=C(CF)/C(C)=C\C(=C\CC)C(F)(F)F.Cc1ccc(F)cc1. The van der Waals surface area contributed by atoms with Crippen LogP contribution in [0.5, 0.6) is 0 Å². The smallest absolute Gasteiger partial charge is 0.285 e. The van der Waals surface area contributed by atoms with E-state index in [4.69, 9.17) is 0 Å². The van der Waals surface area contributed by atoms with E-state index >= 15 is 0 Å². The second-order valence-electron chi connectivity index (χ2n) is 7.51. The Morgan fingerprint density at radius 1 is 1.12 bits per heavy atom. The van der Waals surface area contributed by atoms with E-state index in [1.165, 1.54) is 55.7 Å². The van der Waals surface area contributed by atoms with Gasteiger partial charge in [-0.25, -0.2) is 8.78 Å². The molecule has 1 nitrogen and oxygen atoms in total. The highest BCUT2D eigenvalue weighted by molar-refractivity contribution is 6.03. The lowest BCUT2D eigenvalue weighted by Crippen LogP contribution is -2.10. The molecule has 1 fully saturated rings. The summed E-state index contributed by atoms with van der Waals surface area (Å²) >= 11 is 0. The molecule has 2 aliphatic rings. The summed E-state index contributed by atoms with van der Waals surface area (Å²) in [4.78, 5) is 4.32. The van der Waals surface area contributed by atoms with Crippen molar-refractivity contribution in [1.82, 2.24) is 0 Å². The highest BCUT2D eigenvalue weighted by Crippen LogP contribution is 2.29. The van der Waals surface area contributed by atoms with Gasteiger partial charge in [-0.2, -0.15) is 13.2 Å². The van der Waals surface area contributed by atoms with Crippen molar-refractivity contribution in [2.45, 2.75) is 59.6 Å². The minimum atomic E-state index is -4.38. The van der Waals surface area contributed by atoms with Gasteiger partial charge in [0, 0.05) is 5.71 Å². The third-order valence-electron chi connectivity index (χ3n) is 4.98. The molecular weight excluding hydrogens is 421 g/mol. The van der Waals surface area contributed by atoms with Crippen molar-refractivity contribution in [2.24, 2.45) is 4.99 Å². The van der Waals surface area contributed by atoms with Crippen LogP contribution in [0.15, 0.2) is 75.9 Å². The summed E-state index contributed by atoms with van der Waals surface area (Å²) < 4.78 is 62.1. The number of hydrogen-bond donors (Lipinski definition) is 0. The maximum Gasteiger partial charge on any atom is 0.416 e. The molecule has 1 aromatic rings. The predicted octanol–water partition coefficient (Wildman–Crippen LogP) is 8.43. The molecule has 0 amide bonds. The van der Waals surface area contributed by atoms with Gasteiger partial charge in [0.05, 0.1) is 12.1 Å². The van der Waals surface area contributed by atoms with Gasteiger partial charge in [-0.1, -0.05) is 42.8 Å². The summed E-state index contributed by atoms with van der Waals surface area (Å²) in [5.41, 5.74) is 3.88. The van der Waals surface area contributed by atoms with Gasteiger partial charge in [0.2, 0.25) is 0 Å². The lowest BCUT2D eigenvalue weighted by molar-refractivity contribution is -0.0884. The van der Waals surface area contributed by atoms with Crippen molar-refractivity contribution in [2.75, 3.05) is 13.2 Å². The van der Waals surface area contributed by atoms with Gasteiger partial charge >= 0.3 is 6.18 Å². The van der Waals surface area contributed by atoms with Crippen LogP contribution >= 0.6 is 0 Å². The van der Waals surface area contributed by atoms with Crippen molar-refractivity contribution >= 4 is 5.71 Å². The summed E-state index contributed by atoms with van der Waals surface area (Å²) in [5, 5.41) is 0. The fourth-order valence-electron chi connectivity index (χ4n) is 3.16. The number of allylic oxidation sites excluding steroid dienone is 7. The quantitative estimate of drug-likeness (QED) is 0.320. The van der Waals surface area contributed by atoms with E-state index in [1.807, 2.05) is 6.92 Å². The number of alkyl halides is 4. The minimum Gasteiger partial charge on any atom is -0.285 e. The fourth-order valence-corrected chi connectivity index (χ4v) is 3.16. The maximum atomic E-state index is 12.5. The molecule has 1 heterocycles. The number of rotatable bonds is 4. The second-order valence-corrected chi connectivity index (χ2v) is 7.51. The van der Waals surface area contributed by atoms with Crippen molar-refractivity contribution in [3.05, 3.63) is 82.2 Å². The second kappa shape index (κ2) is 13.8. The first-order chi connectivity index (χ1) is 15.1. The monoisotopic (exact) mass is 453 g/mol. The minimum absolute atomic E-state index is 0.171. The third kappa shape index (κ3) is 9.75. The lowest BCUT2D eigenvalue weighted by atomic mass is 10.0. The average Bonchev–Trinajstić information content (AvgIpc) is 3.36. The summed E-state index contributed by atoms with van der Waals surface area (Å²) in [6.07, 6.45) is 5.59. The Balaban J connectivity index is 0.000000263. The molecular formula is C26H32F5N. The zero-order valence-electron chi connectivity index (χ0n) is 19.2. The standard InChI is InChI=1S/C12H16F4.C7H7F.C7H9N/c1-4-6-11(12(14,15)16)7-9(3)10(5-2)8-13;1-6-2-4-7(8)5-3-6;1-2-6-4-5-8-7(6)3-1/h5-7H,4,8H2,1-3H3;2-5H,1H3;4H,1-3,5H2/b9-7-,10-5-,11-6-;;. The Kier molecular flexibility index (Phi) is 11.9. The largest absolute Gasteiger partial charge is 0.416 e. The lowest BCUT2D eigenvalue weighted by Gasteiger charge is -2.10. The van der Waals surface area contributed by atoms with Crippen LogP contribution in [0.1, 0.15) is 52.0 Å². The zero-order valence-corrected chi connectivity index (χ0v) is 19.2. The van der Waals surface area contributed by atoms with Crippen LogP contribution in [-0.2, 0) is 0 Å². The summed E-state index contributed by atoms with van der Waals surface area (Å²) in [7, 11) is 0. The summed E-state index contributed by atoms with van der Waals surface area (Å²) in [6.45, 7) is 6.84. The number of halogens is 5. The molecule has 3 rings (SSSR count). The molecule has 176 valence electrons. The van der Waals surface area contributed by atoms with Gasteiger partial charge in [-0.05, 0) is 81.4 Å². The molecule has 0 atom stereocenters. The van der Waals surface area contributed by atoms with Crippen LogP contribution in [0.2, 0.25) is 0 Å². The number of benzene rings is 1. The van der Waals surface area contributed by atoms with E-state index in [1.54, 1.807) is 26.0 Å². The molecule has 6 heteroatoms. The van der Waals surface area contributed by atoms with Crippen molar-refractivity contribution in [3.63, 3.8) is 0 Å². The molecule has 0 spiro atoms. The highest BCUT2D eigenvalue weighted by atomic mass is 19.4.